The molecule has 0 aliphatic heterocycles. The van der Waals surface area contributed by atoms with Crippen molar-refractivity contribution in [3.8, 4) is 0 Å². The van der Waals surface area contributed by atoms with Gasteiger partial charge in [0.05, 0.1) is 12.3 Å². The van der Waals surface area contributed by atoms with E-state index in [9.17, 15) is 5.11 Å². The number of aryl methyl sites for hydroxylation is 1. The zero-order valence-corrected chi connectivity index (χ0v) is 9.73. The standard InChI is InChI=1S/C11H20N2O2/c1-4-8-13-10(6-7-12-13)11(14,5-2)9-15-3/h6-7,14H,4-5,8-9H2,1-3H3. The highest BCUT2D eigenvalue weighted by Gasteiger charge is 2.30. The van der Waals surface area contributed by atoms with Gasteiger partial charge in [0.15, 0.2) is 0 Å². The van der Waals surface area contributed by atoms with E-state index >= 15 is 0 Å². The lowest BCUT2D eigenvalue weighted by Gasteiger charge is -2.26. The zero-order chi connectivity index (χ0) is 11.3. The summed E-state index contributed by atoms with van der Waals surface area (Å²) in [5, 5.41) is 14.6. The summed E-state index contributed by atoms with van der Waals surface area (Å²) in [4.78, 5) is 0. The van der Waals surface area contributed by atoms with E-state index in [4.69, 9.17) is 4.74 Å². The molecule has 86 valence electrons. The van der Waals surface area contributed by atoms with Gasteiger partial charge in [0, 0.05) is 19.9 Å². The number of aliphatic hydroxyl groups is 1. The normalized spacial score (nSPS) is 15.2. The molecule has 0 radical (unpaired) electrons. The van der Waals surface area contributed by atoms with Crippen LogP contribution < -0.4 is 0 Å². The van der Waals surface area contributed by atoms with E-state index in [1.54, 1.807) is 13.3 Å². The lowest BCUT2D eigenvalue weighted by molar-refractivity contribution is -0.0449. The van der Waals surface area contributed by atoms with Crippen molar-refractivity contribution in [1.82, 2.24) is 9.78 Å². The first kappa shape index (κ1) is 12.2. The molecule has 1 aromatic heterocycles. The van der Waals surface area contributed by atoms with Gasteiger partial charge in [0.25, 0.3) is 0 Å². The van der Waals surface area contributed by atoms with Crippen LogP contribution in [0.3, 0.4) is 0 Å². The molecule has 0 saturated carbocycles. The molecule has 0 aromatic carbocycles. The highest BCUT2D eigenvalue weighted by Crippen LogP contribution is 2.25. The third-order valence-electron chi connectivity index (χ3n) is 2.60. The second kappa shape index (κ2) is 5.28. The van der Waals surface area contributed by atoms with Crippen molar-refractivity contribution in [2.75, 3.05) is 13.7 Å². The van der Waals surface area contributed by atoms with Crippen LogP contribution in [0.1, 0.15) is 32.4 Å². The van der Waals surface area contributed by atoms with Gasteiger partial charge in [0.2, 0.25) is 0 Å². The molecule has 0 spiro atoms. The predicted molar refractivity (Wildman–Crippen MR) is 58.6 cm³/mol. The summed E-state index contributed by atoms with van der Waals surface area (Å²) in [7, 11) is 1.60. The first-order valence-electron chi connectivity index (χ1n) is 5.41. The number of aromatic nitrogens is 2. The van der Waals surface area contributed by atoms with Gasteiger partial charge >= 0.3 is 0 Å². The quantitative estimate of drug-likeness (QED) is 0.778. The summed E-state index contributed by atoms with van der Waals surface area (Å²) in [6, 6.07) is 1.86. The molecule has 4 heteroatoms. The Morgan fingerprint density at radius 2 is 2.27 bits per heavy atom. The molecule has 0 bridgehead atoms. The Balaban J connectivity index is 2.95. The first-order chi connectivity index (χ1) is 7.18. The monoisotopic (exact) mass is 212 g/mol. The third kappa shape index (κ3) is 2.58. The Kier molecular flexibility index (Phi) is 4.29. The molecule has 1 rings (SSSR count). The van der Waals surface area contributed by atoms with Crippen LogP contribution in [-0.4, -0.2) is 28.6 Å². The van der Waals surface area contributed by atoms with Gasteiger partial charge in [-0.2, -0.15) is 5.10 Å². The average Bonchev–Trinajstić information content (AvgIpc) is 2.67. The molecule has 1 atom stereocenters. The SMILES string of the molecule is CCCn1nccc1C(O)(CC)COC. The summed E-state index contributed by atoms with van der Waals surface area (Å²) in [6.07, 6.45) is 3.35. The van der Waals surface area contributed by atoms with Crippen LogP contribution in [0, 0.1) is 0 Å². The Labute approximate surface area is 90.9 Å². The maximum Gasteiger partial charge on any atom is 0.129 e. The number of nitrogens with zero attached hydrogens (tertiary/aromatic N) is 2. The number of hydrogen-bond donors (Lipinski definition) is 1. The van der Waals surface area contributed by atoms with Crippen LogP contribution in [0.15, 0.2) is 12.3 Å². The molecular weight excluding hydrogens is 192 g/mol. The van der Waals surface area contributed by atoms with E-state index in [-0.39, 0.29) is 0 Å². The van der Waals surface area contributed by atoms with Crippen LogP contribution in [-0.2, 0) is 16.9 Å². The number of methoxy groups -OCH3 is 1. The van der Waals surface area contributed by atoms with Gasteiger partial charge in [-0.3, -0.25) is 4.68 Å². The third-order valence-corrected chi connectivity index (χ3v) is 2.60. The van der Waals surface area contributed by atoms with Crippen molar-refractivity contribution in [2.24, 2.45) is 0 Å². The topological polar surface area (TPSA) is 47.3 Å². The van der Waals surface area contributed by atoms with Crippen LogP contribution in [0.25, 0.3) is 0 Å². The number of ether oxygens (including phenoxy) is 1. The van der Waals surface area contributed by atoms with Crippen molar-refractivity contribution in [3.05, 3.63) is 18.0 Å². The Morgan fingerprint density at radius 1 is 1.53 bits per heavy atom. The van der Waals surface area contributed by atoms with Gasteiger partial charge in [0.1, 0.15) is 5.60 Å². The van der Waals surface area contributed by atoms with E-state index < -0.39 is 5.60 Å². The Morgan fingerprint density at radius 3 is 2.80 bits per heavy atom. The largest absolute Gasteiger partial charge is 0.381 e. The Hall–Kier alpha value is -0.870. The van der Waals surface area contributed by atoms with Crippen molar-refractivity contribution in [3.63, 3.8) is 0 Å². The van der Waals surface area contributed by atoms with Crippen molar-refractivity contribution >= 4 is 0 Å². The minimum atomic E-state index is -0.916. The lowest BCUT2D eigenvalue weighted by atomic mass is 9.97. The van der Waals surface area contributed by atoms with E-state index in [0.717, 1.165) is 18.7 Å². The minimum absolute atomic E-state index is 0.304. The molecule has 1 aromatic rings. The fraction of sp³-hybridized carbons (Fsp3) is 0.727. The van der Waals surface area contributed by atoms with Gasteiger partial charge in [-0.1, -0.05) is 13.8 Å². The van der Waals surface area contributed by atoms with Crippen LogP contribution >= 0.6 is 0 Å². The van der Waals surface area contributed by atoms with E-state index in [0.29, 0.717) is 13.0 Å². The van der Waals surface area contributed by atoms with E-state index in [2.05, 4.69) is 12.0 Å². The van der Waals surface area contributed by atoms with Crippen molar-refractivity contribution in [1.29, 1.82) is 0 Å². The van der Waals surface area contributed by atoms with Crippen LogP contribution in [0.5, 0.6) is 0 Å². The molecule has 1 N–H and O–H groups in total. The zero-order valence-electron chi connectivity index (χ0n) is 9.73. The molecule has 15 heavy (non-hydrogen) atoms. The molecule has 0 amide bonds. The maximum absolute atomic E-state index is 10.4. The number of rotatable bonds is 6. The van der Waals surface area contributed by atoms with Crippen molar-refractivity contribution in [2.45, 2.75) is 38.8 Å². The lowest BCUT2D eigenvalue weighted by Crippen LogP contribution is -2.33. The molecular formula is C11H20N2O2. The molecule has 0 aliphatic rings. The summed E-state index contributed by atoms with van der Waals surface area (Å²) < 4.78 is 6.91. The second-order valence-electron chi connectivity index (χ2n) is 3.76. The van der Waals surface area contributed by atoms with Crippen molar-refractivity contribution < 1.29 is 9.84 Å². The first-order valence-corrected chi connectivity index (χ1v) is 5.41. The summed E-state index contributed by atoms with van der Waals surface area (Å²) in [5.74, 6) is 0. The molecule has 0 fully saturated rings. The minimum Gasteiger partial charge on any atom is -0.381 e. The van der Waals surface area contributed by atoms with Crippen LogP contribution in [0.2, 0.25) is 0 Å². The highest BCUT2D eigenvalue weighted by atomic mass is 16.5. The smallest absolute Gasteiger partial charge is 0.129 e. The highest BCUT2D eigenvalue weighted by molar-refractivity contribution is 5.11. The van der Waals surface area contributed by atoms with E-state index in [1.807, 2.05) is 17.7 Å². The van der Waals surface area contributed by atoms with E-state index in [1.165, 1.54) is 0 Å². The molecule has 4 nitrogen and oxygen atoms in total. The summed E-state index contributed by atoms with van der Waals surface area (Å²) >= 11 is 0. The van der Waals surface area contributed by atoms with Gasteiger partial charge in [-0.15, -0.1) is 0 Å². The second-order valence-corrected chi connectivity index (χ2v) is 3.76. The van der Waals surface area contributed by atoms with Gasteiger partial charge < -0.3 is 9.84 Å². The number of hydrogen-bond acceptors (Lipinski definition) is 3. The summed E-state index contributed by atoms with van der Waals surface area (Å²) in [5.41, 5.74) is -0.0749. The molecule has 1 unspecified atom stereocenters. The van der Waals surface area contributed by atoms with Crippen LogP contribution in [0.4, 0.5) is 0 Å². The van der Waals surface area contributed by atoms with Gasteiger partial charge in [-0.05, 0) is 18.9 Å². The van der Waals surface area contributed by atoms with Gasteiger partial charge in [-0.25, -0.2) is 0 Å². The Bertz CT molecular complexity index is 299. The molecule has 1 heterocycles. The predicted octanol–water partition coefficient (Wildman–Crippen LogP) is 1.54. The average molecular weight is 212 g/mol. The fourth-order valence-corrected chi connectivity index (χ4v) is 1.71. The maximum atomic E-state index is 10.4. The molecule has 0 aliphatic carbocycles. The summed E-state index contributed by atoms with van der Waals surface area (Å²) in [6.45, 7) is 5.17. The molecule has 0 saturated heterocycles. The fourth-order valence-electron chi connectivity index (χ4n) is 1.71.